The van der Waals surface area contributed by atoms with E-state index < -0.39 is 40.9 Å². The Morgan fingerprint density at radius 1 is 0.402 bits per heavy atom. The zero-order valence-corrected chi connectivity index (χ0v) is 88.8. The number of piperidine rings is 4. The van der Waals surface area contributed by atoms with E-state index in [1.165, 1.54) is 19.3 Å². The van der Waals surface area contributed by atoms with Gasteiger partial charge >= 0.3 is 139 Å². The van der Waals surface area contributed by atoms with Crippen molar-refractivity contribution in [2.45, 2.75) is 225 Å². The van der Waals surface area contributed by atoms with Crippen LogP contribution in [0.25, 0.3) is 0 Å². The van der Waals surface area contributed by atoms with Gasteiger partial charge in [-0.05, 0) is 216 Å². The molecule has 45 heteroatoms. The van der Waals surface area contributed by atoms with Crippen molar-refractivity contribution in [3.05, 3.63) is 84.6 Å². The molecule has 4 aromatic rings. The average molecular weight is 2110 g/mol. The predicted molar refractivity (Wildman–Crippen MR) is 495 cm³/mol. The summed E-state index contributed by atoms with van der Waals surface area (Å²) in [5, 5.41) is 31.8. The second-order valence-electron chi connectivity index (χ2n) is 33.8. The summed E-state index contributed by atoms with van der Waals surface area (Å²) in [4.78, 5) is 184. The number of rotatable bonds is 12. The third kappa shape index (κ3) is 48.2. The number of anilines is 5. The van der Waals surface area contributed by atoms with Gasteiger partial charge in [-0.25, -0.2) is 43.9 Å². The Balaban J connectivity index is 0. The molecule has 4 aromatic heterocycles. The van der Waals surface area contributed by atoms with Crippen LogP contribution < -0.4 is 139 Å². The molecule has 0 saturated carbocycles. The number of ether oxygens (including phenoxy) is 3. The topological polar surface area (TPSA) is 456 Å². The SMILES string of the molecule is C.C.CC(=O)N1CCC(N)CC1.CC(=O)N1CCC(Nc2cc(C(=O)O)cc(N3CCN(C(C)=O)CC3)n2)CC1.CC(=O)N1CCC(Nc2cc(C(=O)OC(C)(C)C)cc(N3CCN(C(C)=O)CC3)n2)CC1.CC(=O)N1CCCCC1.CC(=O)N1CCN(c2cc(C(=O)OC(C)(C)C)cc(Br)n2)CC1.CC(C)(C)OC(=O)c1cc(Br)nc(Br)c1.O=C(O)C(F)(F)F.O=CO[O-].[H-].[K+].[K+]. The first kappa shape index (κ1) is 125. The molecular weight excluding hydrogens is 1980 g/mol. The molecule has 730 valence electrons. The number of carbonyl (C=O) groups excluding carboxylic acids is 11. The van der Waals surface area contributed by atoms with Crippen molar-refractivity contribution >= 4 is 155 Å². The minimum Gasteiger partial charge on any atom is -1.00 e. The minimum absolute atomic E-state index is 0. The molecule has 37 nitrogen and oxygen atoms in total. The third-order valence-corrected chi connectivity index (χ3v) is 21.3. The number of nitrogens with one attached hydrogen (secondary N) is 2. The predicted octanol–water partition coefficient (Wildman–Crippen LogP) is 4.46. The van der Waals surface area contributed by atoms with Crippen LogP contribution in [-0.2, 0) is 62.2 Å². The summed E-state index contributed by atoms with van der Waals surface area (Å²) in [6, 6.07) is 13.9. The molecule has 6 N–H and O–H groups in total. The number of piperazine rings is 3. The van der Waals surface area contributed by atoms with E-state index in [0.29, 0.717) is 170 Å². The summed E-state index contributed by atoms with van der Waals surface area (Å²) in [7, 11) is 0. The van der Waals surface area contributed by atoms with E-state index in [0.717, 1.165) is 64.7 Å². The summed E-state index contributed by atoms with van der Waals surface area (Å²) in [5.74, 6) is -0.925. The molecule has 0 radical (unpaired) electrons. The molecule has 132 heavy (non-hydrogen) atoms. The summed E-state index contributed by atoms with van der Waals surface area (Å²) >= 11 is 9.78. The summed E-state index contributed by atoms with van der Waals surface area (Å²) < 4.78 is 49.7. The smallest absolute Gasteiger partial charge is 1.00 e. The molecule has 7 fully saturated rings. The fourth-order valence-corrected chi connectivity index (χ4v) is 14.9. The quantitative estimate of drug-likeness (QED) is 0.0248. The molecule has 7 amide bonds. The monoisotopic (exact) mass is 2110 g/mol. The van der Waals surface area contributed by atoms with Gasteiger partial charge in [0, 0.05) is 197 Å². The molecule has 0 unspecified atom stereocenters. The number of likely N-dealkylation sites (tertiary alicyclic amines) is 4. The first-order chi connectivity index (χ1) is 59.6. The van der Waals surface area contributed by atoms with Crippen LogP contribution in [0.4, 0.5) is 42.3 Å². The third-order valence-electron chi connectivity index (χ3n) is 20.1. The van der Waals surface area contributed by atoms with Crippen LogP contribution in [0.2, 0.25) is 0 Å². The number of amides is 7. The average Bonchev–Trinajstić information content (AvgIpc) is 0.814. The first-order valence-corrected chi connectivity index (χ1v) is 44.4. The Morgan fingerprint density at radius 2 is 0.636 bits per heavy atom. The number of aliphatic carboxylic acids is 1. The molecule has 7 aliphatic rings. The van der Waals surface area contributed by atoms with E-state index in [1.54, 1.807) is 102 Å². The first-order valence-electron chi connectivity index (χ1n) is 42.0. The van der Waals surface area contributed by atoms with E-state index in [1.807, 2.05) is 96.6 Å². The van der Waals surface area contributed by atoms with Gasteiger partial charge in [-0.2, -0.15) is 13.2 Å². The largest absolute Gasteiger partial charge is 1.00 e. The fraction of sp³-hybridized carbons (Fsp3) is 0.621. The number of aromatic nitrogens is 4. The second-order valence-corrected chi connectivity index (χ2v) is 36.2. The van der Waals surface area contributed by atoms with Crippen molar-refractivity contribution < 1.29 is 214 Å². The molecule has 0 spiro atoms. The van der Waals surface area contributed by atoms with Gasteiger partial charge < -0.3 is 101 Å². The summed E-state index contributed by atoms with van der Waals surface area (Å²) in [6.45, 7) is 41.6. The van der Waals surface area contributed by atoms with Crippen LogP contribution in [-0.4, -0.2) is 314 Å². The maximum absolute atomic E-state index is 12.8. The summed E-state index contributed by atoms with van der Waals surface area (Å²) in [5.41, 5.74) is 5.60. The number of esters is 3. The van der Waals surface area contributed by atoms with Crippen molar-refractivity contribution in [3.63, 3.8) is 0 Å². The molecule has 0 bridgehead atoms. The van der Waals surface area contributed by atoms with Crippen molar-refractivity contribution in [2.75, 3.05) is 156 Å². The number of nitrogens with two attached hydrogens (primary N) is 1. The molecule has 0 aliphatic carbocycles. The van der Waals surface area contributed by atoms with Crippen molar-refractivity contribution in [1.82, 2.24) is 54.2 Å². The van der Waals surface area contributed by atoms with Crippen molar-refractivity contribution in [3.8, 4) is 0 Å². The number of hydrogen-bond acceptors (Lipinski definition) is 28. The number of nitrogens with zero attached hydrogens (tertiary/aromatic N) is 14. The van der Waals surface area contributed by atoms with Gasteiger partial charge in [0.25, 0.3) is 6.47 Å². The maximum atomic E-state index is 12.8. The molecule has 0 atom stereocenters. The van der Waals surface area contributed by atoms with Crippen LogP contribution in [0.5, 0.6) is 0 Å². The Hall–Kier alpha value is -6.87. The molecule has 7 saturated heterocycles. The van der Waals surface area contributed by atoms with Gasteiger partial charge in [0.2, 0.25) is 41.4 Å². The number of carboxylic acids is 2. The number of aromatic carboxylic acids is 1. The van der Waals surface area contributed by atoms with E-state index in [9.17, 15) is 71.0 Å². The summed E-state index contributed by atoms with van der Waals surface area (Å²) in [6.07, 6.45) is 3.76. The number of alkyl halides is 3. The van der Waals surface area contributed by atoms with Gasteiger partial charge in [0.1, 0.15) is 59.7 Å². The van der Waals surface area contributed by atoms with Gasteiger partial charge in [-0.3, -0.25) is 38.4 Å². The number of halogens is 6. The van der Waals surface area contributed by atoms with E-state index in [4.69, 9.17) is 44.9 Å². The normalized spacial score (nSPS) is 15.9. The van der Waals surface area contributed by atoms with Gasteiger partial charge in [-0.15, -0.1) is 0 Å². The number of carboxylic acid groups (broad SMARTS) is 2. The van der Waals surface area contributed by atoms with E-state index in [-0.39, 0.29) is 196 Å². The van der Waals surface area contributed by atoms with Gasteiger partial charge in [0.15, 0.2) is 0 Å². The van der Waals surface area contributed by atoms with Crippen LogP contribution in [0.15, 0.2) is 62.3 Å². The molecule has 11 rings (SSSR count). The van der Waals surface area contributed by atoms with E-state index >= 15 is 0 Å². The van der Waals surface area contributed by atoms with Crippen molar-refractivity contribution in [1.29, 1.82) is 0 Å². The molecule has 0 aromatic carbocycles. The molecular formula is C87H133Br3F3K2N17O20. The number of carbonyl (C=O) groups is 13. The molecule has 11 heterocycles. The van der Waals surface area contributed by atoms with Gasteiger partial charge in [0.05, 0.1) is 22.3 Å². The van der Waals surface area contributed by atoms with Crippen molar-refractivity contribution in [2.24, 2.45) is 5.73 Å². The Morgan fingerprint density at radius 3 is 0.894 bits per heavy atom. The van der Waals surface area contributed by atoms with Crippen LogP contribution in [0.1, 0.15) is 226 Å². The molecule has 7 aliphatic heterocycles. The second kappa shape index (κ2) is 60.7. The standard InChI is InChI=1S/C23H35N5O4.C19H27N5O4.C16H22BrN3O3.C10H11Br2NO2.C7H14N2O.C7H13NO.C2HF3O2.CH2O3.2CH4.2K.H/c1-16(29)26-8-6-19(7-9-26)24-20-14-18(22(31)32-23(3,4)5)15-21(25-20)28-12-10-27(11-13-28)17(2)30;1-13(25)22-5-3-16(4-6-22)20-17-11-15(19(27)28)12-18(21-17)24-9-7-23(8-10-24)14(2)26;1-11(21)19-5-7-20(8-6-19)14-10-12(9-13(17)18-14)15(22)23-16(2,3)4;1-10(2,3)15-9(14)6-4-7(11)13-8(12)5-6;1-6(10)9-4-2-7(8)3-5-9;1-7(9)8-5-3-2-4-6-8;3-2(4,5)1(6)7;2-1-4-3;;;;;/h14-15,19H,6-13H2,1-5H3,(H,24,25);11-12,16H,3-10H2,1-2H3,(H,20,21)(H,27,28);9-10H,5-8H2,1-4H3;4-5H,1-3H3;7H,2-5,8H2,1H3;2-6H2,1H3;(H,6,7);1,3H;2*1H4;;;/q;;;;;;;;;;2*+1;-1/p-1. The Kier molecular flexibility index (Phi) is 57.5. The zero-order valence-electron chi connectivity index (χ0n) is 78.8. The van der Waals surface area contributed by atoms with Crippen LogP contribution >= 0.6 is 47.8 Å². The van der Waals surface area contributed by atoms with Crippen LogP contribution in [0, 0.1) is 0 Å². The van der Waals surface area contributed by atoms with Gasteiger partial charge in [-0.1, -0.05) is 14.9 Å². The Bertz CT molecular complexity index is 4380. The zero-order chi connectivity index (χ0) is 96.3. The minimum atomic E-state index is -5.08. The fourth-order valence-electron chi connectivity index (χ4n) is 13.4. The number of pyridine rings is 4. The van der Waals surface area contributed by atoms with E-state index in [2.05, 4.69) is 88.1 Å². The Labute approximate surface area is 884 Å². The number of hydrogen-bond donors (Lipinski definition) is 5. The maximum Gasteiger partial charge on any atom is 1.00 e. The van der Waals surface area contributed by atoms with Crippen LogP contribution in [0.3, 0.4) is 0 Å².